The molecule has 2 aliphatic rings. The number of nitrogens with two attached hydrogens (primary N) is 1. The van der Waals surface area contributed by atoms with E-state index in [1.165, 1.54) is 21.6 Å². The van der Waals surface area contributed by atoms with Crippen molar-refractivity contribution in [3.8, 4) is 11.5 Å². The second-order valence-electron chi connectivity index (χ2n) is 5.07. The van der Waals surface area contributed by atoms with Crippen molar-refractivity contribution in [2.75, 3.05) is 26.0 Å². The molecule has 0 atom stereocenters. The lowest BCUT2D eigenvalue weighted by molar-refractivity contribution is 0.261. The van der Waals surface area contributed by atoms with Crippen LogP contribution in [0.3, 0.4) is 0 Å². The zero-order chi connectivity index (χ0) is 13.2. The smallest absolute Gasteiger partial charge is 0.136 e. The minimum absolute atomic E-state index is 0.668. The Morgan fingerprint density at radius 1 is 1.05 bits per heavy atom. The molecule has 0 aromatic heterocycles. The van der Waals surface area contributed by atoms with Crippen LogP contribution in [0.4, 0.5) is 0 Å². The van der Waals surface area contributed by atoms with Crippen LogP contribution in [0, 0.1) is 0 Å². The van der Waals surface area contributed by atoms with E-state index in [0.29, 0.717) is 6.54 Å². The van der Waals surface area contributed by atoms with Gasteiger partial charge >= 0.3 is 0 Å². The molecular formula is C15H21NO2S. The van der Waals surface area contributed by atoms with Gasteiger partial charge in [-0.25, -0.2) is 0 Å². The average molecular weight is 279 g/mol. The van der Waals surface area contributed by atoms with Gasteiger partial charge in [0.2, 0.25) is 0 Å². The summed E-state index contributed by atoms with van der Waals surface area (Å²) in [5.74, 6) is 2.23. The number of ether oxygens (including phenoxy) is 2. The van der Waals surface area contributed by atoms with Gasteiger partial charge in [-0.05, 0) is 44.9 Å². The van der Waals surface area contributed by atoms with Crippen LogP contribution >= 0.6 is 11.8 Å². The predicted molar refractivity (Wildman–Crippen MR) is 78.6 cm³/mol. The van der Waals surface area contributed by atoms with E-state index in [4.69, 9.17) is 15.2 Å². The van der Waals surface area contributed by atoms with E-state index in [-0.39, 0.29) is 0 Å². The van der Waals surface area contributed by atoms with Crippen LogP contribution in [0.2, 0.25) is 0 Å². The molecule has 0 amide bonds. The van der Waals surface area contributed by atoms with Gasteiger partial charge in [-0.1, -0.05) is 0 Å². The molecular weight excluding hydrogens is 258 g/mol. The molecule has 0 spiro atoms. The largest absolute Gasteiger partial charge is 0.493 e. The minimum atomic E-state index is 0.668. The molecule has 0 saturated carbocycles. The first-order valence-electron chi connectivity index (χ1n) is 7.07. The van der Waals surface area contributed by atoms with Gasteiger partial charge in [0.25, 0.3) is 0 Å². The molecule has 0 fully saturated rings. The van der Waals surface area contributed by atoms with Crippen molar-refractivity contribution in [3.05, 3.63) is 16.7 Å². The van der Waals surface area contributed by atoms with Crippen LogP contribution in [-0.4, -0.2) is 26.0 Å². The number of hydrogen-bond acceptors (Lipinski definition) is 4. The summed E-state index contributed by atoms with van der Waals surface area (Å²) in [6, 6.07) is 0. The van der Waals surface area contributed by atoms with Crippen LogP contribution in [0.1, 0.15) is 29.5 Å². The fraction of sp³-hybridized carbons (Fsp3) is 0.600. The van der Waals surface area contributed by atoms with Gasteiger partial charge in [0.05, 0.1) is 18.1 Å². The highest BCUT2D eigenvalue weighted by atomic mass is 32.2. The molecule has 1 aromatic carbocycles. The number of rotatable bonds is 3. The fourth-order valence-corrected chi connectivity index (χ4v) is 3.93. The monoisotopic (exact) mass is 279 g/mol. The molecule has 0 radical (unpaired) electrons. The quantitative estimate of drug-likeness (QED) is 0.864. The first-order valence-corrected chi connectivity index (χ1v) is 8.29. The van der Waals surface area contributed by atoms with Gasteiger partial charge in [-0.2, -0.15) is 0 Å². The van der Waals surface area contributed by atoms with E-state index in [1.54, 1.807) is 11.8 Å². The topological polar surface area (TPSA) is 44.5 Å². The summed E-state index contributed by atoms with van der Waals surface area (Å²) >= 11 is 1.79. The molecule has 2 aliphatic heterocycles. The van der Waals surface area contributed by atoms with E-state index < -0.39 is 0 Å². The highest BCUT2D eigenvalue weighted by Crippen LogP contribution is 2.47. The van der Waals surface area contributed by atoms with E-state index in [1.807, 2.05) is 0 Å². The summed E-state index contributed by atoms with van der Waals surface area (Å²) in [5, 5.41) is 0. The summed E-state index contributed by atoms with van der Waals surface area (Å²) in [7, 11) is 0. The normalized spacial score (nSPS) is 17.2. The Kier molecular flexibility index (Phi) is 3.89. The Morgan fingerprint density at radius 3 is 2.42 bits per heavy atom. The molecule has 0 unspecified atom stereocenters. The molecule has 3 rings (SSSR count). The van der Waals surface area contributed by atoms with Gasteiger partial charge < -0.3 is 15.2 Å². The zero-order valence-electron chi connectivity index (χ0n) is 11.5. The lowest BCUT2D eigenvalue weighted by Crippen LogP contribution is -2.19. The van der Waals surface area contributed by atoms with E-state index in [2.05, 4.69) is 6.26 Å². The number of benzene rings is 1. The van der Waals surface area contributed by atoms with Crippen molar-refractivity contribution < 1.29 is 9.47 Å². The van der Waals surface area contributed by atoms with Gasteiger partial charge in [-0.15, -0.1) is 11.8 Å². The molecule has 0 aliphatic carbocycles. The lowest BCUT2D eigenvalue weighted by atomic mass is 9.91. The highest BCUT2D eigenvalue weighted by molar-refractivity contribution is 7.98. The number of fused-ring (bicyclic) bond motifs is 2. The van der Waals surface area contributed by atoms with E-state index in [0.717, 1.165) is 56.8 Å². The minimum Gasteiger partial charge on any atom is -0.493 e. The molecule has 0 saturated heterocycles. The SMILES string of the molecule is CSc1c2c(c(CCN)c3c1OCCC3)OCCC2. The van der Waals surface area contributed by atoms with E-state index >= 15 is 0 Å². The highest BCUT2D eigenvalue weighted by Gasteiger charge is 2.28. The number of thioether (sulfide) groups is 1. The summed E-state index contributed by atoms with van der Waals surface area (Å²) < 4.78 is 12.0. The summed E-state index contributed by atoms with van der Waals surface area (Å²) in [4.78, 5) is 1.30. The standard InChI is InChI=1S/C15H21NO2S/c1-19-15-12-5-3-8-17-13(12)11(6-7-16)10-4-2-9-18-14(10)15/h2-9,16H2,1H3. The van der Waals surface area contributed by atoms with Crippen molar-refractivity contribution >= 4 is 11.8 Å². The summed E-state index contributed by atoms with van der Waals surface area (Å²) in [5.41, 5.74) is 9.80. The molecule has 19 heavy (non-hydrogen) atoms. The molecule has 4 heteroatoms. The average Bonchev–Trinajstić information content (AvgIpc) is 2.47. The Balaban J connectivity index is 2.22. The van der Waals surface area contributed by atoms with Crippen molar-refractivity contribution in [1.82, 2.24) is 0 Å². The predicted octanol–water partition coefficient (Wildman–Crippen LogP) is 2.56. The van der Waals surface area contributed by atoms with Crippen molar-refractivity contribution in [2.45, 2.75) is 37.0 Å². The molecule has 1 aromatic rings. The van der Waals surface area contributed by atoms with Crippen LogP contribution in [0.15, 0.2) is 4.90 Å². The van der Waals surface area contributed by atoms with Crippen LogP contribution in [0.5, 0.6) is 11.5 Å². The maximum atomic E-state index is 5.99. The van der Waals surface area contributed by atoms with Gasteiger partial charge in [-0.3, -0.25) is 0 Å². The third kappa shape index (κ3) is 2.21. The third-order valence-electron chi connectivity index (χ3n) is 3.90. The Hall–Kier alpha value is -0.870. The van der Waals surface area contributed by atoms with Gasteiger partial charge in [0, 0.05) is 16.7 Å². The fourth-order valence-electron chi connectivity index (χ4n) is 3.12. The van der Waals surface area contributed by atoms with Crippen LogP contribution in [-0.2, 0) is 19.3 Å². The molecule has 0 bridgehead atoms. The maximum absolute atomic E-state index is 5.99. The first kappa shape index (κ1) is 13.1. The van der Waals surface area contributed by atoms with E-state index in [9.17, 15) is 0 Å². The van der Waals surface area contributed by atoms with Crippen molar-refractivity contribution in [3.63, 3.8) is 0 Å². The second-order valence-corrected chi connectivity index (χ2v) is 5.89. The molecule has 2 N–H and O–H groups in total. The lowest BCUT2D eigenvalue weighted by Gasteiger charge is -2.30. The molecule has 2 heterocycles. The molecule has 3 nitrogen and oxygen atoms in total. The van der Waals surface area contributed by atoms with Crippen molar-refractivity contribution in [1.29, 1.82) is 0 Å². The number of hydrogen-bond donors (Lipinski definition) is 1. The summed E-state index contributed by atoms with van der Waals surface area (Å²) in [6.07, 6.45) is 7.40. The Bertz CT molecular complexity index is 451. The van der Waals surface area contributed by atoms with Crippen LogP contribution in [0.25, 0.3) is 0 Å². The van der Waals surface area contributed by atoms with Gasteiger partial charge in [0.15, 0.2) is 0 Å². The van der Waals surface area contributed by atoms with Crippen LogP contribution < -0.4 is 15.2 Å². The second kappa shape index (κ2) is 5.63. The Labute approximate surface area is 118 Å². The first-order chi connectivity index (χ1) is 9.36. The summed E-state index contributed by atoms with van der Waals surface area (Å²) in [6.45, 7) is 2.33. The Morgan fingerprint density at radius 2 is 1.74 bits per heavy atom. The zero-order valence-corrected chi connectivity index (χ0v) is 12.3. The maximum Gasteiger partial charge on any atom is 0.136 e. The third-order valence-corrected chi connectivity index (χ3v) is 4.74. The van der Waals surface area contributed by atoms with Crippen molar-refractivity contribution in [2.24, 2.45) is 5.73 Å². The van der Waals surface area contributed by atoms with Gasteiger partial charge in [0.1, 0.15) is 11.5 Å². The molecule has 104 valence electrons.